The molecule has 200 valence electrons. The van der Waals surface area contributed by atoms with Gasteiger partial charge < -0.3 is 10.6 Å². The lowest BCUT2D eigenvalue weighted by Gasteiger charge is -2.40. The molecule has 1 aliphatic rings. The van der Waals surface area contributed by atoms with Crippen LogP contribution in [0.4, 0.5) is 5.82 Å². The van der Waals surface area contributed by atoms with Gasteiger partial charge in [0.2, 0.25) is 5.91 Å². The SMILES string of the molecule is CS(=O)(=O)OCC1CN(S(=O)(=O)c2cc3ccc(Cl)cc3s2)CC(=O)N1Cc1ccc2c(N)ncnc2c1. The molecule has 3 heterocycles. The molecule has 0 spiro atoms. The molecule has 5 rings (SSSR count). The van der Waals surface area contributed by atoms with Gasteiger partial charge in [-0.15, -0.1) is 11.3 Å². The van der Waals surface area contributed by atoms with Crippen molar-refractivity contribution in [1.29, 1.82) is 0 Å². The quantitative estimate of drug-likeness (QED) is 0.317. The third-order valence-electron chi connectivity index (χ3n) is 6.10. The van der Waals surface area contributed by atoms with Gasteiger partial charge >= 0.3 is 0 Å². The molecule has 1 saturated heterocycles. The van der Waals surface area contributed by atoms with Crippen molar-refractivity contribution in [3.8, 4) is 0 Å². The van der Waals surface area contributed by atoms with Gasteiger partial charge in [0.25, 0.3) is 20.1 Å². The smallest absolute Gasteiger partial charge is 0.264 e. The predicted molar refractivity (Wildman–Crippen MR) is 145 cm³/mol. The number of anilines is 1. The van der Waals surface area contributed by atoms with Crippen molar-refractivity contribution in [2.45, 2.75) is 16.8 Å². The van der Waals surface area contributed by atoms with E-state index < -0.39 is 45.2 Å². The molecule has 0 aliphatic carbocycles. The molecule has 1 aliphatic heterocycles. The molecule has 2 aromatic carbocycles. The number of fused-ring (bicyclic) bond motifs is 2. The molecule has 2 aromatic heterocycles. The number of halogens is 1. The first-order valence-electron chi connectivity index (χ1n) is 11.2. The van der Waals surface area contributed by atoms with E-state index in [2.05, 4.69) is 9.97 Å². The Balaban J connectivity index is 1.44. The monoisotopic (exact) mass is 595 g/mol. The molecular weight excluding hydrogens is 574 g/mol. The molecule has 1 atom stereocenters. The number of hydrogen-bond donors (Lipinski definition) is 1. The molecule has 1 amide bonds. The predicted octanol–water partition coefficient (Wildman–Crippen LogP) is 2.46. The number of rotatable bonds is 7. The van der Waals surface area contributed by atoms with Gasteiger partial charge in [0.15, 0.2) is 0 Å². The Morgan fingerprint density at radius 3 is 2.68 bits per heavy atom. The Hall–Kier alpha value is -2.88. The van der Waals surface area contributed by atoms with Gasteiger partial charge in [0.1, 0.15) is 16.4 Å². The number of piperazine rings is 1. The number of nitrogens with zero attached hydrogens (tertiary/aromatic N) is 4. The fraction of sp³-hybridized carbons (Fsp3) is 0.261. The van der Waals surface area contributed by atoms with E-state index in [1.165, 1.54) is 17.3 Å². The van der Waals surface area contributed by atoms with Crippen LogP contribution in [0, 0.1) is 0 Å². The minimum absolute atomic E-state index is 0.0607. The van der Waals surface area contributed by atoms with Crippen molar-refractivity contribution in [3.63, 3.8) is 0 Å². The molecule has 1 unspecified atom stereocenters. The van der Waals surface area contributed by atoms with Gasteiger partial charge in [-0.1, -0.05) is 23.7 Å². The maximum absolute atomic E-state index is 13.5. The van der Waals surface area contributed by atoms with Crippen molar-refractivity contribution < 1.29 is 25.8 Å². The summed E-state index contributed by atoms with van der Waals surface area (Å²) >= 11 is 7.09. The van der Waals surface area contributed by atoms with Gasteiger partial charge in [-0.25, -0.2) is 18.4 Å². The molecule has 4 aromatic rings. The molecule has 2 N–H and O–H groups in total. The standard InChI is InChI=1S/C23H22ClN5O6S3/c1-37(31,32)35-12-17-10-28(38(33,34)22-7-15-3-4-16(24)8-20(15)36-22)11-21(30)29(17)9-14-2-5-18-19(6-14)26-13-27-23(18)25/h2-8,13,17H,9-12H2,1H3,(H2,25,26,27). The summed E-state index contributed by atoms with van der Waals surface area (Å²) in [6.45, 7) is -0.871. The molecule has 0 radical (unpaired) electrons. The normalized spacial score (nSPS) is 17.5. The fourth-order valence-electron chi connectivity index (χ4n) is 4.24. The van der Waals surface area contributed by atoms with E-state index in [0.29, 0.717) is 37.4 Å². The van der Waals surface area contributed by atoms with Crippen LogP contribution >= 0.6 is 22.9 Å². The lowest BCUT2D eigenvalue weighted by atomic mass is 10.1. The van der Waals surface area contributed by atoms with Gasteiger partial charge in [0, 0.05) is 28.2 Å². The number of sulfonamides is 1. The van der Waals surface area contributed by atoms with Gasteiger partial charge in [0.05, 0.1) is 31.0 Å². The highest BCUT2D eigenvalue weighted by molar-refractivity contribution is 7.91. The van der Waals surface area contributed by atoms with Gasteiger partial charge in [-0.2, -0.15) is 12.7 Å². The minimum atomic E-state index is -4.06. The lowest BCUT2D eigenvalue weighted by Crippen LogP contribution is -2.58. The zero-order valence-electron chi connectivity index (χ0n) is 19.9. The van der Waals surface area contributed by atoms with Crippen LogP contribution in [0.3, 0.4) is 0 Å². The Morgan fingerprint density at radius 1 is 1.13 bits per heavy atom. The zero-order chi connectivity index (χ0) is 27.2. The van der Waals surface area contributed by atoms with Crippen LogP contribution in [0.25, 0.3) is 21.0 Å². The minimum Gasteiger partial charge on any atom is -0.383 e. The number of benzene rings is 2. The zero-order valence-corrected chi connectivity index (χ0v) is 23.1. The molecule has 1 fully saturated rings. The first-order chi connectivity index (χ1) is 17.9. The average Bonchev–Trinajstić information content (AvgIpc) is 3.28. The molecule has 15 heteroatoms. The second-order valence-corrected chi connectivity index (χ2v) is 14.1. The Bertz CT molecular complexity index is 1780. The largest absolute Gasteiger partial charge is 0.383 e. The lowest BCUT2D eigenvalue weighted by molar-refractivity contribution is -0.139. The van der Waals surface area contributed by atoms with Crippen LogP contribution in [-0.2, 0) is 35.7 Å². The summed E-state index contributed by atoms with van der Waals surface area (Å²) in [5.74, 6) is -0.173. The van der Waals surface area contributed by atoms with E-state index >= 15 is 0 Å². The highest BCUT2D eigenvalue weighted by Gasteiger charge is 2.40. The van der Waals surface area contributed by atoms with Crippen LogP contribution in [0.15, 0.2) is 53.0 Å². The van der Waals surface area contributed by atoms with Crippen molar-refractivity contribution in [2.24, 2.45) is 0 Å². The maximum atomic E-state index is 13.5. The summed E-state index contributed by atoms with van der Waals surface area (Å²) in [5.41, 5.74) is 7.17. The summed E-state index contributed by atoms with van der Waals surface area (Å²) in [5, 5.41) is 1.84. The van der Waals surface area contributed by atoms with E-state index in [1.807, 2.05) is 0 Å². The molecule has 11 nitrogen and oxygen atoms in total. The molecule has 0 saturated carbocycles. The summed E-state index contributed by atoms with van der Waals surface area (Å²) in [7, 11) is -7.91. The van der Waals surface area contributed by atoms with Crippen LogP contribution < -0.4 is 5.73 Å². The third kappa shape index (κ3) is 5.46. The number of hydrogen-bond acceptors (Lipinski definition) is 10. The summed E-state index contributed by atoms with van der Waals surface area (Å²) in [6, 6.07) is 11.0. The van der Waals surface area contributed by atoms with Crippen LogP contribution in [-0.4, -0.2) is 73.9 Å². The fourth-order valence-corrected chi connectivity index (χ4v) is 7.90. The maximum Gasteiger partial charge on any atom is 0.264 e. The van der Waals surface area contributed by atoms with E-state index in [4.69, 9.17) is 21.5 Å². The highest BCUT2D eigenvalue weighted by Crippen LogP contribution is 2.34. The number of nitrogen functional groups attached to an aromatic ring is 1. The van der Waals surface area contributed by atoms with E-state index in [-0.39, 0.29) is 17.3 Å². The third-order valence-corrected chi connectivity index (χ3v) is 10.3. The summed E-state index contributed by atoms with van der Waals surface area (Å²) < 4.78 is 57.3. The number of thiophene rings is 1. The van der Waals surface area contributed by atoms with Gasteiger partial charge in [-0.3, -0.25) is 8.98 Å². The van der Waals surface area contributed by atoms with Gasteiger partial charge in [-0.05, 0) is 41.3 Å². The number of carbonyl (C=O) groups excluding carboxylic acids is 1. The average molecular weight is 596 g/mol. The Labute approximate surface area is 228 Å². The van der Waals surface area contributed by atoms with Crippen LogP contribution in [0.1, 0.15) is 5.56 Å². The number of carbonyl (C=O) groups is 1. The van der Waals surface area contributed by atoms with E-state index in [9.17, 15) is 21.6 Å². The van der Waals surface area contributed by atoms with Crippen LogP contribution in [0.5, 0.6) is 0 Å². The van der Waals surface area contributed by atoms with E-state index in [1.54, 1.807) is 36.4 Å². The Morgan fingerprint density at radius 2 is 1.92 bits per heavy atom. The topological polar surface area (TPSA) is 153 Å². The Kier molecular flexibility index (Phi) is 7.04. The number of nitrogens with two attached hydrogens (primary N) is 1. The van der Waals surface area contributed by atoms with Crippen molar-refractivity contribution >= 4 is 75.8 Å². The summed E-state index contributed by atoms with van der Waals surface area (Å²) in [6.07, 6.45) is 2.23. The number of aromatic nitrogens is 2. The second kappa shape index (κ2) is 10.0. The van der Waals surface area contributed by atoms with Crippen molar-refractivity contribution in [1.82, 2.24) is 19.2 Å². The molecule has 38 heavy (non-hydrogen) atoms. The van der Waals surface area contributed by atoms with Crippen LogP contribution in [0.2, 0.25) is 5.02 Å². The first kappa shape index (κ1) is 26.7. The van der Waals surface area contributed by atoms with Crippen molar-refractivity contribution in [2.75, 3.05) is 31.7 Å². The molecular formula is C23H22ClN5O6S3. The van der Waals surface area contributed by atoms with Crippen molar-refractivity contribution in [3.05, 3.63) is 59.4 Å². The van der Waals surface area contributed by atoms with E-state index in [0.717, 1.165) is 21.9 Å². The first-order valence-corrected chi connectivity index (χ1v) is 15.7. The summed E-state index contributed by atoms with van der Waals surface area (Å²) in [4.78, 5) is 22.9. The number of amides is 1. The second-order valence-electron chi connectivity index (χ2n) is 8.82. The highest BCUT2D eigenvalue weighted by atomic mass is 35.5. The molecule has 0 bridgehead atoms.